The van der Waals surface area contributed by atoms with Crippen LogP contribution in [0.3, 0.4) is 0 Å². The summed E-state index contributed by atoms with van der Waals surface area (Å²) in [5, 5.41) is 0. The minimum absolute atomic E-state index is 0.793. The van der Waals surface area contributed by atoms with Crippen molar-refractivity contribution in [3.63, 3.8) is 0 Å². The van der Waals surface area contributed by atoms with Crippen LogP contribution in [0.25, 0.3) is 11.4 Å². The van der Waals surface area contributed by atoms with Crippen LogP contribution < -0.4 is 4.74 Å². The Balaban J connectivity index is 1.66. The van der Waals surface area contributed by atoms with E-state index in [0.29, 0.717) is 0 Å². The number of aromatic nitrogens is 2. The highest BCUT2D eigenvalue weighted by atomic mass is 16.5. The number of nitrogens with zero attached hydrogens (tertiary/aromatic N) is 2. The lowest BCUT2D eigenvalue weighted by atomic mass is 9.86. The molecule has 1 aromatic carbocycles. The minimum atomic E-state index is 0.793. The smallest absolute Gasteiger partial charge is 0.159 e. The summed E-state index contributed by atoms with van der Waals surface area (Å²) in [5.74, 6) is 2.57. The molecule has 1 aliphatic rings. The van der Waals surface area contributed by atoms with Crippen LogP contribution in [0.2, 0.25) is 0 Å². The van der Waals surface area contributed by atoms with Crippen molar-refractivity contribution < 1.29 is 4.74 Å². The fraction of sp³-hybridized carbons (Fsp3) is 0.524. The largest absolute Gasteiger partial charge is 0.494 e. The molecule has 1 unspecified atom stereocenters. The lowest BCUT2D eigenvalue weighted by molar-refractivity contribution is 0.306. The third kappa shape index (κ3) is 4.14. The maximum absolute atomic E-state index is 5.77. The van der Waals surface area contributed by atoms with Crippen LogP contribution in [0.15, 0.2) is 30.5 Å². The fourth-order valence-electron chi connectivity index (χ4n) is 3.31. The van der Waals surface area contributed by atoms with Gasteiger partial charge < -0.3 is 4.74 Å². The highest BCUT2D eigenvalue weighted by molar-refractivity contribution is 5.56. The Morgan fingerprint density at radius 1 is 1.12 bits per heavy atom. The highest BCUT2D eigenvalue weighted by Gasteiger charge is 2.19. The normalized spacial score (nSPS) is 16.7. The molecule has 0 amide bonds. The van der Waals surface area contributed by atoms with E-state index >= 15 is 0 Å². The van der Waals surface area contributed by atoms with Crippen LogP contribution in [0.5, 0.6) is 5.75 Å². The van der Waals surface area contributed by atoms with E-state index < -0.39 is 0 Å². The summed E-state index contributed by atoms with van der Waals surface area (Å²) in [6.07, 6.45) is 10.3. The van der Waals surface area contributed by atoms with E-state index in [0.717, 1.165) is 48.9 Å². The summed E-state index contributed by atoms with van der Waals surface area (Å²) >= 11 is 0. The van der Waals surface area contributed by atoms with Gasteiger partial charge in [0.15, 0.2) is 5.82 Å². The summed E-state index contributed by atoms with van der Waals surface area (Å²) in [6, 6.07) is 8.18. The number of fused-ring (bicyclic) bond motifs is 1. The first kappa shape index (κ1) is 16.9. The van der Waals surface area contributed by atoms with E-state index in [9.17, 15) is 0 Å². The molecule has 2 aromatic rings. The molecule has 0 aliphatic heterocycles. The standard InChI is InChI=1S/C21H28N2O/c1-3-5-6-13-24-19-10-8-17(9-11-19)21-22-15-18-14-16(4-2)7-12-20(18)23-21/h8-11,15-16H,3-7,12-14H2,1-2H3. The molecule has 0 radical (unpaired) electrons. The van der Waals surface area contributed by atoms with Crippen LogP contribution in [0.4, 0.5) is 0 Å². The summed E-state index contributed by atoms with van der Waals surface area (Å²) in [6.45, 7) is 5.27. The molecule has 0 saturated carbocycles. The van der Waals surface area contributed by atoms with E-state index in [4.69, 9.17) is 9.72 Å². The average Bonchev–Trinajstić information content (AvgIpc) is 2.65. The number of ether oxygens (including phenoxy) is 1. The Hall–Kier alpha value is -1.90. The van der Waals surface area contributed by atoms with Crippen molar-refractivity contribution in [2.45, 2.75) is 58.8 Å². The lowest BCUT2D eigenvalue weighted by Gasteiger charge is -2.22. The van der Waals surface area contributed by atoms with Gasteiger partial charge in [0, 0.05) is 17.5 Å². The molecular formula is C21H28N2O. The summed E-state index contributed by atoms with van der Waals surface area (Å²) in [4.78, 5) is 9.41. The molecule has 24 heavy (non-hydrogen) atoms. The monoisotopic (exact) mass is 324 g/mol. The number of aryl methyl sites for hydroxylation is 1. The molecule has 0 fully saturated rings. The van der Waals surface area contributed by atoms with Gasteiger partial charge in [-0.05, 0) is 61.4 Å². The van der Waals surface area contributed by atoms with Crippen molar-refractivity contribution in [1.29, 1.82) is 0 Å². The van der Waals surface area contributed by atoms with E-state index in [2.05, 4.69) is 31.0 Å². The second-order valence-electron chi connectivity index (χ2n) is 6.76. The molecule has 0 bridgehead atoms. The molecule has 3 nitrogen and oxygen atoms in total. The molecule has 1 aliphatic carbocycles. The van der Waals surface area contributed by atoms with Gasteiger partial charge in [-0.25, -0.2) is 9.97 Å². The molecule has 3 rings (SSSR count). The molecular weight excluding hydrogens is 296 g/mol. The van der Waals surface area contributed by atoms with Crippen molar-refractivity contribution in [1.82, 2.24) is 9.97 Å². The molecule has 3 heteroatoms. The Bertz CT molecular complexity index is 651. The molecule has 0 saturated heterocycles. The third-order valence-corrected chi connectivity index (χ3v) is 4.96. The first-order valence-electron chi connectivity index (χ1n) is 9.38. The van der Waals surface area contributed by atoms with Crippen molar-refractivity contribution in [3.8, 4) is 17.1 Å². The SMILES string of the molecule is CCCCCOc1ccc(-c2ncc3c(n2)CCC(CC)C3)cc1. The molecule has 128 valence electrons. The molecule has 1 atom stereocenters. The zero-order chi connectivity index (χ0) is 16.8. The van der Waals surface area contributed by atoms with Crippen LogP contribution >= 0.6 is 0 Å². The topological polar surface area (TPSA) is 35.0 Å². The first-order chi connectivity index (χ1) is 11.8. The van der Waals surface area contributed by atoms with Gasteiger partial charge in [0.05, 0.1) is 6.61 Å². The Kier molecular flexibility index (Phi) is 5.84. The Labute approximate surface area is 145 Å². The van der Waals surface area contributed by atoms with Gasteiger partial charge in [-0.1, -0.05) is 33.1 Å². The Morgan fingerprint density at radius 2 is 1.96 bits per heavy atom. The second kappa shape index (κ2) is 8.27. The molecule has 0 spiro atoms. The number of hydrogen-bond acceptors (Lipinski definition) is 3. The predicted molar refractivity (Wildman–Crippen MR) is 98.3 cm³/mol. The second-order valence-corrected chi connectivity index (χ2v) is 6.76. The van der Waals surface area contributed by atoms with Crippen molar-refractivity contribution in [3.05, 3.63) is 41.7 Å². The maximum Gasteiger partial charge on any atom is 0.159 e. The number of rotatable bonds is 7. The Morgan fingerprint density at radius 3 is 2.71 bits per heavy atom. The predicted octanol–water partition coefficient (Wildman–Crippen LogP) is 5.23. The first-order valence-corrected chi connectivity index (χ1v) is 9.38. The van der Waals surface area contributed by atoms with Gasteiger partial charge in [-0.15, -0.1) is 0 Å². The maximum atomic E-state index is 5.77. The van der Waals surface area contributed by atoms with Gasteiger partial charge in [0.1, 0.15) is 5.75 Å². The summed E-state index contributed by atoms with van der Waals surface area (Å²) in [5.41, 5.74) is 3.65. The highest BCUT2D eigenvalue weighted by Crippen LogP contribution is 2.28. The van der Waals surface area contributed by atoms with Gasteiger partial charge in [-0.2, -0.15) is 0 Å². The van der Waals surface area contributed by atoms with Crippen LogP contribution in [-0.4, -0.2) is 16.6 Å². The summed E-state index contributed by atoms with van der Waals surface area (Å²) < 4.78 is 5.77. The molecule has 0 N–H and O–H groups in total. The fourth-order valence-corrected chi connectivity index (χ4v) is 3.31. The van der Waals surface area contributed by atoms with E-state index in [-0.39, 0.29) is 0 Å². The van der Waals surface area contributed by atoms with Gasteiger partial charge >= 0.3 is 0 Å². The van der Waals surface area contributed by atoms with Gasteiger partial charge in [0.25, 0.3) is 0 Å². The molecule has 1 aromatic heterocycles. The van der Waals surface area contributed by atoms with E-state index in [1.165, 1.54) is 36.9 Å². The van der Waals surface area contributed by atoms with Crippen LogP contribution in [0, 0.1) is 5.92 Å². The van der Waals surface area contributed by atoms with Crippen LogP contribution in [0.1, 0.15) is 57.2 Å². The summed E-state index contributed by atoms with van der Waals surface area (Å²) in [7, 11) is 0. The zero-order valence-electron chi connectivity index (χ0n) is 14.9. The van der Waals surface area contributed by atoms with E-state index in [1.54, 1.807) is 0 Å². The van der Waals surface area contributed by atoms with Gasteiger partial charge in [0.2, 0.25) is 0 Å². The quantitative estimate of drug-likeness (QED) is 0.654. The van der Waals surface area contributed by atoms with Crippen molar-refractivity contribution >= 4 is 0 Å². The lowest BCUT2D eigenvalue weighted by Crippen LogP contribution is -2.15. The van der Waals surface area contributed by atoms with E-state index in [1.807, 2.05) is 18.3 Å². The van der Waals surface area contributed by atoms with Crippen molar-refractivity contribution in [2.24, 2.45) is 5.92 Å². The number of unbranched alkanes of at least 4 members (excludes halogenated alkanes) is 2. The number of hydrogen-bond donors (Lipinski definition) is 0. The van der Waals surface area contributed by atoms with Crippen molar-refractivity contribution in [2.75, 3.05) is 6.61 Å². The van der Waals surface area contributed by atoms with Crippen LogP contribution in [-0.2, 0) is 12.8 Å². The zero-order valence-corrected chi connectivity index (χ0v) is 14.9. The third-order valence-electron chi connectivity index (χ3n) is 4.96. The molecule has 1 heterocycles. The minimum Gasteiger partial charge on any atom is -0.494 e. The average molecular weight is 324 g/mol. The van der Waals surface area contributed by atoms with Gasteiger partial charge in [-0.3, -0.25) is 0 Å². The number of benzene rings is 1.